The van der Waals surface area contributed by atoms with Gasteiger partial charge in [0.15, 0.2) is 11.5 Å². The number of nitrogens with zero attached hydrogens (tertiary/aromatic N) is 1. The molecule has 8 nitrogen and oxygen atoms in total. The van der Waals surface area contributed by atoms with Gasteiger partial charge in [-0.2, -0.15) is 0 Å². The Balaban J connectivity index is 1.74. The van der Waals surface area contributed by atoms with Gasteiger partial charge in [0, 0.05) is 31.3 Å². The van der Waals surface area contributed by atoms with Crippen molar-refractivity contribution in [1.29, 1.82) is 0 Å². The van der Waals surface area contributed by atoms with Gasteiger partial charge in [0.2, 0.25) is 0 Å². The summed E-state index contributed by atoms with van der Waals surface area (Å²) in [5, 5.41) is 31.3. The molecule has 9 heteroatoms. The lowest BCUT2D eigenvalue weighted by Crippen LogP contribution is -2.23. The van der Waals surface area contributed by atoms with Gasteiger partial charge in [-0.25, -0.2) is 4.39 Å². The van der Waals surface area contributed by atoms with Crippen LogP contribution < -0.4 is 10.6 Å². The number of hydrogen-bond donors (Lipinski definition) is 4. The smallest absolute Gasteiger partial charge is 0.274 e. The number of phenolic OH excluding ortho intramolecular Hbond substituents is 2. The van der Waals surface area contributed by atoms with Crippen molar-refractivity contribution in [1.82, 2.24) is 15.8 Å². The summed E-state index contributed by atoms with van der Waals surface area (Å²) in [5.74, 6) is -1.17. The molecule has 3 aromatic carbocycles. The summed E-state index contributed by atoms with van der Waals surface area (Å²) >= 11 is 0. The van der Waals surface area contributed by atoms with Crippen molar-refractivity contribution in [3.05, 3.63) is 84.7 Å². The van der Waals surface area contributed by atoms with Crippen LogP contribution in [0.25, 0.3) is 33.6 Å². The molecule has 0 atom stereocenters. The average Bonchev–Trinajstić information content (AvgIpc) is 3.35. The Kier molecular flexibility index (Phi) is 8.73. The molecule has 1 aromatic heterocycles. The second kappa shape index (κ2) is 12.4. The minimum absolute atomic E-state index is 0.0578. The van der Waals surface area contributed by atoms with Crippen molar-refractivity contribution in [3.63, 3.8) is 0 Å². The molecule has 0 saturated heterocycles. The highest BCUT2D eigenvalue weighted by molar-refractivity contribution is 6.03. The van der Waals surface area contributed by atoms with Crippen molar-refractivity contribution in [3.8, 4) is 45.1 Å². The molecule has 1 amide bonds. The number of carbonyl (C=O) groups is 1. The second-order valence-electron chi connectivity index (χ2n) is 8.44. The fourth-order valence-electron chi connectivity index (χ4n) is 4.01. The van der Waals surface area contributed by atoms with Gasteiger partial charge in [-0.15, -0.1) is 0 Å². The van der Waals surface area contributed by atoms with Crippen LogP contribution in [0.5, 0.6) is 11.5 Å². The number of aromatic nitrogens is 1. The van der Waals surface area contributed by atoms with Crippen LogP contribution in [0.15, 0.2) is 65.2 Å². The van der Waals surface area contributed by atoms with Crippen LogP contribution in [0, 0.1) is 12.7 Å². The molecule has 38 heavy (non-hydrogen) atoms. The van der Waals surface area contributed by atoms with Crippen LogP contribution in [0.1, 0.15) is 23.0 Å². The van der Waals surface area contributed by atoms with E-state index in [2.05, 4.69) is 15.8 Å². The van der Waals surface area contributed by atoms with Crippen LogP contribution in [0.4, 0.5) is 4.39 Å². The summed E-state index contributed by atoms with van der Waals surface area (Å²) in [6.45, 7) is 9.43. The molecule has 0 aliphatic heterocycles. The second-order valence-corrected chi connectivity index (χ2v) is 8.44. The SMILES string of the molecule is [CH]COCCNCc1ccc(-c2c(C(=O)NCC)noc2-c2cc(-c3ccc(F)cc3)c(O)cc2O)cc1. The van der Waals surface area contributed by atoms with Crippen LogP contribution >= 0.6 is 0 Å². The normalized spacial score (nSPS) is 11.0. The van der Waals surface area contributed by atoms with Crippen LogP contribution in [0.2, 0.25) is 0 Å². The van der Waals surface area contributed by atoms with Gasteiger partial charge < -0.3 is 30.1 Å². The molecule has 0 spiro atoms. The molecule has 1 heterocycles. The first-order chi connectivity index (χ1) is 18.4. The molecular formula is C29H28FN3O5. The standard InChI is InChI=1S/C29H28FN3O5/c1-3-32-29(36)27-26(20-7-5-18(6-8-20)17-31-13-14-37-4-2)28(38-33-27)23-15-22(24(34)16-25(23)35)19-9-11-21(30)12-10-19/h2,5-12,15-16,31,34-35H,3-4,13-14,17H2,1H3,(H,32,36). The van der Waals surface area contributed by atoms with E-state index in [0.29, 0.717) is 48.5 Å². The quantitative estimate of drug-likeness (QED) is 0.211. The Morgan fingerprint density at radius 3 is 2.39 bits per heavy atom. The van der Waals surface area contributed by atoms with Crippen molar-refractivity contribution in [2.45, 2.75) is 13.5 Å². The lowest BCUT2D eigenvalue weighted by Gasteiger charge is -2.11. The van der Waals surface area contributed by atoms with Crippen LogP contribution in [-0.2, 0) is 11.3 Å². The predicted octanol–water partition coefficient (Wildman–Crippen LogP) is 4.79. The maximum absolute atomic E-state index is 13.5. The first-order valence-electron chi connectivity index (χ1n) is 12.1. The summed E-state index contributed by atoms with van der Waals surface area (Å²) in [6.07, 6.45) is 0. The molecule has 0 bridgehead atoms. The van der Waals surface area contributed by atoms with E-state index in [1.54, 1.807) is 6.92 Å². The number of nitrogens with one attached hydrogen (secondary N) is 2. The average molecular weight is 518 g/mol. The van der Waals surface area contributed by atoms with Gasteiger partial charge in [-0.05, 0) is 48.7 Å². The van der Waals surface area contributed by atoms with Gasteiger partial charge in [0.1, 0.15) is 17.3 Å². The molecule has 0 unspecified atom stereocenters. The van der Waals surface area contributed by atoms with Gasteiger partial charge in [0.25, 0.3) is 5.91 Å². The zero-order valence-electron chi connectivity index (χ0n) is 20.8. The van der Waals surface area contributed by atoms with Crippen LogP contribution in [-0.4, -0.2) is 47.6 Å². The zero-order chi connectivity index (χ0) is 27.1. The molecule has 4 aromatic rings. The number of aromatic hydroxyl groups is 2. The van der Waals surface area contributed by atoms with Crippen LogP contribution in [0.3, 0.4) is 0 Å². The van der Waals surface area contributed by atoms with Crippen molar-refractivity contribution in [2.24, 2.45) is 0 Å². The van der Waals surface area contributed by atoms with Crippen molar-refractivity contribution < 1.29 is 28.7 Å². The summed E-state index contributed by atoms with van der Waals surface area (Å²) in [5.41, 5.74) is 3.19. The molecule has 0 aliphatic rings. The Morgan fingerprint density at radius 2 is 1.71 bits per heavy atom. The van der Waals surface area contributed by atoms with E-state index < -0.39 is 11.7 Å². The first-order valence-corrected chi connectivity index (χ1v) is 12.1. The predicted molar refractivity (Wildman–Crippen MR) is 141 cm³/mol. The molecule has 2 radical (unpaired) electrons. The molecule has 196 valence electrons. The van der Waals surface area contributed by atoms with Crippen molar-refractivity contribution >= 4 is 5.91 Å². The monoisotopic (exact) mass is 517 g/mol. The number of ether oxygens (including phenoxy) is 1. The minimum atomic E-state index is -0.430. The zero-order valence-corrected chi connectivity index (χ0v) is 20.8. The third-order valence-electron chi connectivity index (χ3n) is 5.87. The van der Waals surface area contributed by atoms with E-state index in [9.17, 15) is 19.4 Å². The molecule has 0 aliphatic carbocycles. The number of halogens is 1. The Morgan fingerprint density at radius 1 is 1.03 bits per heavy atom. The number of carbonyl (C=O) groups excluding carboxylic acids is 1. The third kappa shape index (κ3) is 6.01. The number of amides is 1. The minimum Gasteiger partial charge on any atom is -0.507 e. The highest BCUT2D eigenvalue weighted by Crippen LogP contribution is 2.44. The number of hydrogen-bond acceptors (Lipinski definition) is 7. The molecular weight excluding hydrogens is 489 g/mol. The van der Waals surface area contributed by atoms with Crippen molar-refractivity contribution in [2.75, 3.05) is 26.3 Å². The Hall–Kier alpha value is -4.21. The van der Waals surface area contributed by atoms with Gasteiger partial charge >= 0.3 is 0 Å². The fourth-order valence-corrected chi connectivity index (χ4v) is 4.01. The topological polar surface area (TPSA) is 117 Å². The highest BCUT2D eigenvalue weighted by atomic mass is 19.1. The summed E-state index contributed by atoms with van der Waals surface area (Å²) in [7, 11) is 0. The van der Waals surface area contributed by atoms with E-state index in [1.807, 2.05) is 24.3 Å². The van der Waals surface area contributed by atoms with E-state index in [-0.39, 0.29) is 35.1 Å². The Bertz CT molecular complexity index is 1380. The van der Waals surface area contributed by atoms with Gasteiger partial charge in [-0.3, -0.25) is 4.79 Å². The fraction of sp³-hybridized carbons (Fsp3) is 0.207. The first kappa shape index (κ1) is 26.8. The summed E-state index contributed by atoms with van der Waals surface area (Å²) < 4.78 is 24.2. The molecule has 4 rings (SSSR count). The molecule has 0 saturated carbocycles. The number of benzene rings is 3. The number of phenols is 2. The van der Waals surface area contributed by atoms with E-state index in [4.69, 9.17) is 16.2 Å². The highest BCUT2D eigenvalue weighted by Gasteiger charge is 2.27. The molecule has 4 N–H and O–H groups in total. The maximum atomic E-state index is 13.5. The summed E-state index contributed by atoms with van der Waals surface area (Å²) in [6, 6.07) is 15.8. The number of rotatable bonds is 11. The van der Waals surface area contributed by atoms with Gasteiger partial charge in [0.05, 0.1) is 24.3 Å². The van der Waals surface area contributed by atoms with E-state index >= 15 is 0 Å². The lowest BCUT2D eigenvalue weighted by molar-refractivity contribution is 0.0947. The summed E-state index contributed by atoms with van der Waals surface area (Å²) in [4.78, 5) is 12.8. The largest absolute Gasteiger partial charge is 0.507 e. The Labute approximate surface area is 220 Å². The maximum Gasteiger partial charge on any atom is 0.274 e. The third-order valence-corrected chi connectivity index (χ3v) is 5.87. The van der Waals surface area contributed by atoms with E-state index in [0.717, 1.165) is 5.56 Å². The lowest BCUT2D eigenvalue weighted by atomic mass is 9.95. The van der Waals surface area contributed by atoms with E-state index in [1.165, 1.54) is 36.4 Å². The molecule has 0 fully saturated rings. The van der Waals surface area contributed by atoms with Gasteiger partial charge in [-0.1, -0.05) is 41.6 Å².